The summed E-state index contributed by atoms with van der Waals surface area (Å²) in [5.74, 6) is -27.9. The van der Waals surface area contributed by atoms with Gasteiger partial charge in [-0.1, -0.05) is 0 Å². The van der Waals surface area contributed by atoms with Crippen LogP contribution >= 0.6 is 0 Å². The Kier molecular flexibility index (Phi) is 8.25. The highest BCUT2D eigenvalue weighted by atomic mass is 19.3. The quantitative estimate of drug-likeness (QED) is 0.467. The molecule has 0 radical (unpaired) electrons. The van der Waals surface area contributed by atoms with Crippen LogP contribution in [0.25, 0.3) is 0 Å². The minimum Gasteiger partial charge on any atom is -0.481 e. The molecule has 4 N–H and O–H groups in total. The second-order valence-corrected chi connectivity index (χ2v) is 3.97. The Hall–Kier alpha value is -2.54. The molecule has 24 heavy (non-hydrogen) atoms. The summed E-state index contributed by atoms with van der Waals surface area (Å²) in [5.41, 5.74) is 0. The lowest BCUT2D eigenvalue weighted by atomic mass is 10.1. The highest BCUT2D eigenvalue weighted by Gasteiger charge is 2.78. The van der Waals surface area contributed by atoms with Gasteiger partial charge in [0.25, 0.3) is 0 Å². The van der Waals surface area contributed by atoms with Crippen molar-refractivity contribution in [3.05, 3.63) is 0 Å². The molecule has 0 atom stereocenters. The number of halogens is 6. The van der Waals surface area contributed by atoms with Crippen molar-refractivity contribution in [2.75, 3.05) is 0 Å². The second-order valence-electron chi connectivity index (χ2n) is 3.97. The molecule has 0 bridgehead atoms. The van der Waals surface area contributed by atoms with E-state index < -0.39 is 41.6 Å². The monoisotopic (exact) mass is 372 g/mol. The molecular formula is C10H10F6O8. The molecular weight excluding hydrogens is 362 g/mol. The summed E-state index contributed by atoms with van der Waals surface area (Å²) < 4.78 is 72.8. The van der Waals surface area contributed by atoms with Gasteiger partial charge < -0.3 is 20.4 Å². The molecule has 0 saturated carbocycles. The van der Waals surface area contributed by atoms with E-state index in [0.717, 1.165) is 0 Å². The summed E-state index contributed by atoms with van der Waals surface area (Å²) in [7, 11) is 0. The topological polar surface area (TPSA) is 149 Å². The molecule has 0 unspecified atom stereocenters. The van der Waals surface area contributed by atoms with Crippen LogP contribution in [0.2, 0.25) is 0 Å². The molecule has 14 heteroatoms. The zero-order valence-corrected chi connectivity index (χ0v) is 11.3. The lowest BCUT2D eigenvalue weighted by Gasteiger charge is -2.27. The minimum absolute atomic E-state index is 0.0632. The van der Waals surface area contributed by atoms with Gasteiger partial charge in [-0.15, -0.1) is 0 Å². The van der Waals surface area contributed by atoms with Crippen molar-refractivity contribution in [3.8, 4) is 0 Å². The van der Waals surface area contributed by atoms with Crippen LogP contribution in [0.1, 0.15) is 19.3 Å². The summed E-state index contributed by atoms with van der Waals surface area (Å²) in [5, 5.41) is 31.2. The maximum absolute atomic E-state index is 12.2. The third-order valence-electron chi connectivity index (χ3n) is 2.11. The minimum atomic E-state index is -6.53. The van der Waals surface area contributed by atoms with Crippen molar-refractivity contribution in [1.82, 2.24) is 0 Å². The first kappa shape index (κ1) is 23.7. The summed E-state index contributed by atoms with van der Waals surface area (Å²) in [6, 6.07) is 0. The van der Waals surface area contributed by atoms with Crippen LogP contribution in [0.3, 0.4) is 0 Å². The third kappa shape index (κ3) is 5.92. The number of hydrogen-bond acceptors (Lipinski definition) is 4. The smallest absolute Gasteiger partial charge is 0.411 e. The van der Waals surface area contributed by atoms with Crippen LogP contribution in [-0.2, 0) is 19.2 Å². The van der Waals surface area contributed by atoms with E-state index in [1.54, 1.807) is 0 Å². The summed E-state index contributed by atoms with van der Waals surface area (Å²) >= 11 is 0. The summed E-state index contributed by atoms with van der Waals surface area (Å²) in [4.78, 5) is 38.7. The van der Waals surface area contributed by atoms with Crippen molar-refractivity contribution < 1.29 is 65.9 Å². The molecule has 0 aliphatic rings. The summed E-state index contributed by atoms with van der Waals surface area (Å²) in [6.07, 6.45) is 0.0866. The second kappa shape index (κ2) is 8.35. The average Bonchev–Trinajstić information content (AvgIpc) is 2.37. The number of rotatable bonds is 8. The first-order chi connectivity index (χ1) is 10.5. The van der Waals surface area contributed by atoms with Gasteiger partial charge in [-0.2, -0.15) is 26.3 Å². The number of carbonyl (C=O) groups is 4. The first-order valence-electron chi connectivity index (χ1n) is 5.55. The number of hydrogen-bond donors (Lipinski definition) is 4. The molecule has 0 saturated heterocycles. The van der Waals surface area contributed by atoms with E-state index >= 15 is 0 Å². The molecule has 0 aromatic carbocycles. The molecule has 140 valence electrons. The molecule has 0 aliphatic heterocycles. The van der Waals surface area contributed by atoms with Crippen LogP contribution in [0.5, 0.6) is 0 Å². The van der Waals surface area contributed by atoms with Gasteiger partial charge in [-0.25, -0.2) is 9.59 Å². The standard InChI is InChI=1S/C5H2F6O4.C5H8O4/c6-3(7,1(12)13)5(10,11)4(8,9)2(14)15;6-4(7)2-1-3-5(8)9/h(H,12,13)(H,14,15);1-3H2,(H,6,7)(H,8,9). The highest BCUT2D eigenvalue weighted by Crippen LogP contribution is 2.45. The van der Waals surface area contributed by atoms with Gasteiger partial charge in [0.2, 0.25) is 0 Å². The predicted octanol–water partition coefficient (Wildman–Crippen LogP) is 1.39. The lowest BCUT2D eigenvalue weighted by molar-refractivity contribution is -0.298. The van der Waals surface area contributed by atoms with Crippen LogP contribution in [-0.4, -0.2) is 62.1 Å². The molecule has 0 spiro atoms. The lowest BCUT2D eigenvalue weighted by Crippen LogP contribution is -2.60. The Morgan fingerprint density at radius 2 is 0.875 bits per heavy atom. The van der Waals surface area contributed by atoms with Crippen molar-refractivity contribution in [3.63, 3.8) is 0 Å². The Balaban J connectivity index is 0. The highest BCUT2D eigenvalue weighted by molar-refractivity contribution is 5.82. The van der Waals surface area contributed by atoms with Crippen molar-refractivity contribution in [1.29, 1.82) is 0 Å². The van der Waals surface area contributed by atoms with Gasteiger partial charge in [0.05, 0.1) is 0 Å². The van der Waals surface area contributed by atoms with Gasteiger partial charge in [-0.05, 0) is 6.42 Å². The Morgan fingerprint density at radius 3 is 1.04 bits per heavy atom. The fraction of sp³-hybridized carbons (Fsp3) is 0.600. The number of aliphatic carboxylic acids is 4. The van der Waals surface area contributed by atoms with E-state index in [1.807, 2.05) is 0 Å². The molecule has 0 aliphatic carbocycles. The van der Waals surface area contributed by atoms with Crippen LogP contribution in [0.4, 0.5) is 26.3 Å². The maximum Gasteiger partial charge on any atom is 0.411 e. The van der Waals surface area contributed by atoms with Gasteiger partial charge in [0, 0.05) is 12.8 Å². The predicted molar refractivity (Wildman–Crippen MR) is 59.2 cm³/mol. The van der Waals surface area contributed by atoms with E-state index in [4.69, 9.17) is 20.4 Å². The van der Waals surface area contributed by atoms with E-state index in [9.17, 15) is 45.5 Å². The Labute approximate surface area is 128 Å². The maximum atomic E-state index is 12.2. The average molecular weight is 372 g/mol. The molecule has 0 aromatic rings. The van der Waals surface area contributed by atoms with Crippen LogP contribution in [0, 0.1) is 0 Å². The van der Waals surface area contributed by atoms with Crippen molar-refractivity contribution in [2.45, 2.75) is 37.0 Å². The van der Waals surface area contributed by atoms with Crippen LogP contribution < -0.4 is 0 Å². The normalized spacial score (nSPS) is 11.9. The fourth-order valence-corrected chi connectivity index (χ4v) is 0.857. The van der Waals surface area contributed by atoms with Gasteiger partial charge in [-0.3, -0.25) is 9.59 Å². The van der Waals surface area contributed by atoms with Gasteiger partial charge in [0.1, 0.15) is 0 Å². The number of carboxylic acids is 4. The number of carboxylic acid groups (broad SMARTS) is 4. The van der Waals surface area contributed by atoms with Crippen molar-refractivity contribution in [2.24, 2.45) is 0 Å². The third-order valence-corrected chi connectivity index (χ3v) is 2.11. The van der Waals surface area contributed by atoms with Crippen LogP contribution in [0.15, 0.2) is 0 Å². The first-order valence-corrected chi connectivity index (χ1v) is 5.55. The van der Waals surface area contributed by atoms with E-state index in [2.05, 4.69) is 0 Å². The largest absolute Gasteiger partial charge is 0.481 e. The molecule has 0 fully saturated rings. The molecule has 0 aromatic heterocycles. The molecule has 8 nitrogen and oxygen atoms in total. The Bertz CT molecular complexity index is 462. The zero-order chi connectivity index (χ0) is 19.9. The number of alkyl halides is 6. The molecule has 0 rings (SSSR count). The van der Waals surface area contributed by atoms with Gasteiger partial charge in [0.15, 0.2) is 0 Å². The SMILES string of the molecule is O=C(O)C(F)(F)C(F)(F)C(F)(F)C(=O)O.O=C(O)CCCC(=O)O. The fourth-order valence-electron chi connectivity index (χ4n) is 0.857. The van der Waals surface area contributed by atoms with E-state index in [1.165, 1.54) is 0 Å². The zero-order valence-electron chi connectivity index (χ0n) is 11.3. The van der Waals surface area contributed by atoms with Crippen molar-refractivity contribution >= 4 is 23.9 Å². The molecule has 0 amide bonds. The summed E-state index contributed by atoms with van der Waals surface area (Å²) in [6.45, 7) is 0. The van der Waals surface area contributed by atoms with E-state index in [0.29, 0.717) is 0 Å². The Morgan fingerprint density at radius 1 is 0.625 bits per heavy atom. The molecule has 0 heterocycles. The van der Waals surface area contributed by atoms with Gasteiger partial charge >= 0.3 is 41.6 Å². The van der Waals surface area contributed by atoms with E-state index in [-0.39, 0.29) is 19.3 Å².